The number of rotatable bonds is 7. The molecule has 5 heteroatoms. The summed E-state index contributed by atoms with van der Waals surface area (Å²) >= 11 is 1.66. The predicted octanol–water partition coefficient (Wildman–Crippen LogP) is 2.76. The summed E-state index contributed by atoms with van der Waals surface area (Å²) in [5.41, 5.74) is 1.10. The highest BCUT2D eigenvalue weighted by Gasteiger charge is 2.06. The fourth-order valence-electron chi connectivity index (χ4n) is 1.75. The maximum absolute atomic E-state index is 5.43. The van der Waals surface area contributed by atoms with E-state index >= 15 is 0 Å². The molecule has 19 heavy (non-hydrogen) atoms. The smallest absolute Gasteiger partial charge is 0.147 e. The van der Waals surface area contributed by atoms with Gasteiger partial charge in [-0.25, -0.2) is 0 Å². The van der Waals surface area contributed by atoms with Crippen LogP contribution in [0.1, 0.15) is 18.4 Å². The minimum atomic E-state index is 0.688. The first kappa shape index (κ1) is 14.0. The lowest BCUT2D eigenvalue weighted by Crippen LogP contribution is -2.08. The van der Waals surface area contributed by atoms with Gasteiger partial charge in [0.05, 0.1) is 6.61 Å². The maximum Gasteiger partial charge on any atom is 0.147 e. The molecule has 0 radical (unpaired) electrons. The molecule has 1 heterocycles. The molecule has 1 aromatic carbocycles. The number of hydrogen-bond donors (Lipinski definition) is 1. The van der Waals surface area contributed by atoms with Gasteiger partial charge in [-0.1, -0.05) is 11.3 Å². The van der Waals surface area contributed by atoms with E-state index in [0.717, 1.165) is 40.7 Å². The van der Waals surface area contributed by atoms with Gasteiger partial charge in [0.15, 0.2) is 0 Å². The van der Waals surface area contributed by atoms with Crippen molar-refractivity contribution >= 4 is 11.3 Å². The monoisotopic (exact) mass is 277 g/mol. The highest BCUT2D eigenvalue weighted by atomic mass is 32.1. The first-order valence-electron chi connectivity index (χ1n) is 6.53. The fourth-order valence-corrected chi connectivity index (χ4v) is 2.63. The third kappa shape index (κ3) is 4.01. The fraction of sp³-hybridized carbons (Fsp3) is 0.429. The third-order valence-corrected chi connectivity index (χ3v) is 3.73. The van der Waals surface area contributed by atoms with Crippen LogP contribution < -0.4 is 10.1 Å². The minimum Gasteiger partial charge on any atom is -0.494 e. The summed E-state index contributed by atoms with van der Waals surface area (Å²) in [4.78, 5) is 0. The van der Waals surface area contributed by atoms with Gasteiger partial charge in [-0.15, -0.1) is 10.2 Å². The minimum absolute atomic E-state index is 0.688. The molecule has 0 saturated heterocycles. The first-order chi connectivity index (χ1) is 9.33. The van der Waals surface area contributed by atoms with Gasteiger partial charge in [0.2, 0.25) is 0 Å². The summed E-state index contributed by atoms with van der Waals surface area (Å²) in [6.45, 7) is 3.68. The lowest BCUT2D eigenvalue weighted by Gasteiger charge is -2.02. The number of nitrogens with one attached hydrogen (secondary N) is 1. The van der Waals surface area contributed by atoms with Gasteiger partial charge < -0.3 is 10.1 Å². The van der Waals surface area contributed by atoms with E-state index < -0.39 is 0 Å². The molecule has 0 aliphatic rings. The van der Waals surface area contributed by atoms with Crippen LogP contribution in [0, 0.1) is 0 Å². The number of nitrogens with zero attached hydrogens (tertiary/aromatic N) is 2. The molecule has 102 valence electrons. The van der Waals surface area contributed by atoms with E-state index in [0.29, 0.717) is 6.61 Å². The Morgan fingerprint density at radius 1 is 1.21 bits per heavy atom. The number of benzene rings is 1. The van der Waals surface area contributed by atoms with Crippen molar-refractivity contribution in [3.63, 3.8) is 0 Å². The molecular weight excluding hydrogens is 258 g/mol. The number of hydrogen-bond acceptors (Lipinski definition) is 5. The highest BCUT2D eigenvalue weighted by molar-refractivity contribution is 7.14. The van der Waals surface area contributed by atoms with Crippen molar-refractivity contribution in [2.75, 3.05) is 20.2 Å². The molecule has 0 fully saturated rings. The van der Waals surface area contributed by atoms with Crippen LogP contribution in [0.4, 0.5) is 0 Å². The molecule has 1 aromatic heterocycles. The van der Waals surface area contributed by atoms with Crippen molar-refractivity contribution in [3.05, 3.63) is 29.3 Å². The summed E-state index contributed by atoms with van der Waals surface area (Å²) in [6, 6.07) is 8.01. The largest absolute Gasteiger partial charge is 0.494 e. The van der Waals surface area contributed by atoms with Crippen LogP contribution in [0.2, 0.25) is 0 Å². The molecule has 2 aromatic rings. The third-order valence-electron chi connectivity index (χ3n) is 2.70. The molecular formula is C14H19N3OS. The van der Waals surface area contributed by atoms with E-state index in [1.807, 2.05) is 38.2 Å². The van der Waals surface area contributed by atoms with E-state index in [1.165, 1.54) is 0 Å². The molecule has 0 amide bonds. The van der Waals surface area contributed by atoms with E-state index in [9.17, 15) is 0 Å². The van der Waals surface area contributed by atoms with Gasteiger partial charge in [0.1, 0.15) is 15.8 Å². The van der Waals surface area contributed by atoms with Gasteiger partial charge in [0, 0.05) is 12.0 Å². The molecule has 0 aliphatic heterocycles. The molecule has 1 N–H and O–H groups in total. The Bertz CT molecular complexity index is 496. The topological polar surface area (TPSA) is 47.0 Å². The summed E-state index contributed by atoms with van der Waals surface area (Å²) in [6.07, 6.45) is 2.07. The zero-order valence-corrected chi connectivity index (χ0v) is 12.2. The zero-order chi connectivity index (χ0) is 13.5. The average molecular weight is 277 g/mol. The summed E-state index contributed by atoms with van der Waals surface area (Å²) in [5.74, 6) is 0.894. The maximum atomic E-state index is 5.43. The van der Waals surface area contributed by atoms with Crippen LogP contribution in [0.15, 0.2) is 24.3 Å². The van der Waals surface area contributed by atoms with Gasteiger partial charge in [-0.3, -0.25) is 0 Å². The second-order valence-corrected chi connectivity index (χ2v) is 5.23. The Labute approximate surface area is 117 Å². The molecule has 0 saturated carbocycles. The van der Waals surface area contributed by atoms with E-state index in [-0.39, 0.29) is 0 Å². The van der Waals surface area contributed by atoms with Gasteiger partial charge >= 0.3 is 0 Å². The van der Waals surface area contributed by atoms with Crippen LogP contribution in [0.3, 0.4) is 0 Å². The number of aryl methyl sites for hydroxylation is 1. The Kier molecular flexibility index (Phi) is 5.30. The summed E-state index contributed by atoms with van der Waals surface area (Å²) in [7, 11) is 1.96. The Hall–Kier alpha value is -1.46. The van der Waals surface area contributed by atoms with Crippen LogP contribution >= 0.6 is 11.3 Å². The van der Waals surface area contributed by atoms with Crippen molar-refractivity contribution in [2.24, 2.45) is 0 Å². The summed E-state index contributed by atoms with van der Waals surface area (Å²) < 4.78 is 5.43. The molecule has 4 nitrogen and oxygen atoms in total. The Morgan fingerprint density at radius 3 is 2.68 bits per heavy atom. The van der Waals surface area contributed by atoms with Crippen LogP contribution in [-0.4, -0.2) is 30.4 Å². The second kappa shape index (κ2) is 7.21. The molecule has 0 atom stereocenters. The molecule has 0 unspecified atom stereocenters. The summed E-state index contributed by atoms with van der Waals surface area (Å²) in [5, 5.41) is 13.7. The van der Waals surface area contributed by atoms with Crippen molar-refractivity contribution in [1.29, 1.82) is 0 Å². The van der Waals surface area contributed by atoms with Crippen molar-refractivity contribution in [3.8, 4) is 16.3 Å². The lowest BCUT2D eigenvalue weighted by molar-refractivity contribution is 0.340. The van der Waals surface area contributed by atoms with E-state index in [1.54, 1.807) is 11.3 Å². The number of ether oxygens (including phenoxy) is 1. The standard InChI is InChI=1S/C14H19N3OS/c1-3-18-12-8-6-11(7-9-12)14-17-16-13(19-14)5-4-10-15-2/h6-9,15H,3-5,10H2,1-2H3. The molecule has 0 bridgehead atoms. The predicted molar refractivity (Wildman–Crippen MR) is 78.8 cm³/mol. The number of aromatic nitrogens is 2. The van der Waals surface area contributed by atoms with Crippen molar-refractivity contribution < 1.29 is 4.74 Å². The Balaban J connectivity index is 2.01. The SMILES string of the molecule is CCOc1ccc(-c2nnc(CCCNC)s2)cc1. The van der Waals surface area contributed by atoms with Gasteiger partial charge in [-0.2, -0.15) is 0 Å². The van der Waals surface area contributed by atoms with Gasteiger partial charge in [0.25, 0.3) is 0 Å². The van der Waals surface area contributed by atoms with Crippen LogP contribution in [-0.2, 0) is 6.42 Å². The van der Waals surface area contributed by atoms with Crippen LogP contribution in [0.25, 0.3) is 10.6 Å². The Morgan fingerprint density at radius 2 is 2.00 bits per heavy atom. The molecule has 2 rings (SSSR count). The average Bonchev–Trinajstić information content (AvgIpc) is 2.89. The quantitative estimate of drug-likeness (QED) is 0.791. The molecule has 0 aliphatic carbocycles. The van der Waals surface area contributed by atoms with Crippen molar-refractivity contribution in [1.82, 2.24) is 15.5 Å². The van der Waals surface area contributed by atoms with Crippen molar-refractivity contribution in [2.45, 2.75) is 19.8 Å². The lowest BCUT2D eigenvalue weighted by atomic mass is 10.2. The zero-order valence-electron chi connectivity index (χ0n) is 11.3. The van der Waals surface area contributed by atoms with Crippen LogP contribution in [0.5, 0.6) is 5.75 Å². The van der Waals surface area contributed by atoms with Gasteiger partial charge in [-0.05, 0) is 51.2 Å². The van der Waals surface area contributed by atoms with E-state index in [2.05, 4.69) is 15.5 Å². The highest BCUT2D eigenvalue weighted by Crippen LogP contribution is 2.25. The normalized spacial score (nSPS) is 10.6. The molecule has 0 spiro atoms. The first-order valence-corrected chi connectivity index (χ1v) is 7.35. The second-order valence-electron chi connectivity index (χ2n) is 4.17. The van der Waals surface area contributed by atoms with E-state index in [4.69, 9.17) is 4.74 Å².